The average Bonchev–Trinajstić information content (AvgIpc) is 3.09. The first kappa shape index (κ1) is 13.0. The molecule has 3 heterocycles. The molecule has 2 saturated heterocycles. The summed E-state index contributed by atoms with van der Waals surface area (Å²) in [5.74, 6) is 0.711. The quantitative estimate of drug-likeness (QED) is 0.907. The maximum atomic E-state index is 12.3. The van der Waals surface area contributed by atoms with Crippen LogP contribution in [-0.4, -0.2) is 36.5 Å². The summed E-state index contributed by atoms with van der Waals surface area (Å²) in [7, 11) is 0. The van der Waals surface area contributed by atoms with Crippen LogP contribution in [0.3, 0.4) is 0 Å². The Morgan fingerprint density at radius 1 is 1.37 bits per heavy atom. The van der Waals surface area contributed by atoms with Crippen molar-refractivity contribution in [2.75, 3.05) is 19.6 Å². The van der Waals surface area contributed by atoms with Crippen LogP contribution >= 0.6 is 11.6 Å². The SMILES string of the molecule is O=C(c1ccoc1Cl)N1CCC(C2CCCN2)CC1. The number of nitrogens with one attached hydrogen (secondary N) is 1. The van der Waals surface area contributed by atoms with E-state index in [-0.39, 0.29) is 11.1 Å². The molecule has 4 nitrogen and oxygen atoms in total. The van der Waals surface area contributed by atoms with E-state index >= 15 is 0 Å². The number of amides is 1. The van der Waals surface area contributed by atoms with Crippen molar-refractivity contribution >= 4 is 17.5 Å². The van der Waals surface area contributed by atoms with Gasteiger partial charge in [-0.15, -0.1) is 0 Å². The maximum absolute atomic E-state index is 12.3. The second kappa shape index (κ2) is 5.55. The van der Waals surface area contributed by atoms with E-state index in [4.69, 9.17) is 16.0 Å². The average molecular weight is 283 g/mol. The zero-order valence-electron chi connectivity index (χ0n) is 10.9. The van der Waals surface area contributed by atoms with Crippen LogP contribution < -0.4 is 5.32 Å². The lowest BCUT2D eigenvalue weighted by molar-refractivity contribution is 0.0674. The summed E-state index contributed by atoms with van der Waals surface area (Å²) >= 11 is 5.86. The predicted octanol–water partition coefficient (Wildman–Crippen LogP) is 2.54. The third kappa shape index (κ3) is 2.65. The second-order valence-corrected chi connectivity index (χ2v) is 5.78. The lowest BCUT2D eigenvalue weighted by Crippen LogP contribution is -2.43. The molecule has 2 fully saturated rings. The molecular weight excluding hydrogens is 264 g/mol. The molecule has 1 aromatic rings. The molecule has 1 aromatic heterocycles. The van der Waals surface area contributed by atoms with Gasteiger partial charge < -0.3 is 14.6 Å². The number of halogens is 1. The standard InChI is InChI=1S/C14H19ClN2O2/c15-13-11(5-9-19-13)14(18)17-7-3-10(4-8-17)12-2-1-6-16-12/h5,9-10,12,16H,1-4,6-8H2. The molecule has 0 radical (unpaired) electrons. The van der Waals surface area contributed by atoms with Crippen LogP contribution in [0.5, 0.6) is 0 Å². The van der Waals surface area contributed by atoms with Gasteiger partial charge in [0.25, 0.3) is 5.91 Å². The Morgan fingerprint density at radius 3 is 2.74 bits per heavy atom. The molecule has 2 aliphatic rings. The van der Waals surface area contributed by atoms with Gasteiger partial charge in [0.15, 0.2) is 0 Å². The Bertz CT molecular complexity index is 446. The van der Waals surface area contributed by atoms with Crippen molar-refractivity contribution in [1.82, 2.24) is 10.2 Å². The number of carbonyl (C=O) groups is 1. The van der Waals surface area contributed by atoms with E-state index in [0.717, 1.165) is 32.5 Å². The highest BCUT2D eigenvalue weighted by atomic mass is 35.5. The summed E-state index contributed by atoms with van der Waals surface area (Å²) < 4.78 is 4.99. The van der Waals surface area contributed by atoms with Crippen LogP contribution in [-0.2, 0) is 0 Å². The Balaban J connectivity index is 1.58. The van der Waals surface area contributed by atoms with E-state index < -0.39 is 0 Å². The van der Waals surface area contributed by atoms with Gasteiger partial charge >= 0.3 is 0 Å². The minimum atomic E-state index is -0.00317. The summed E-state index contributed by atoms with van der Waals surface area (Å²) in [5, 5.41) is 3.77. The first-order valence-electron chi connectivity index (χ1n) is 7.01. The monoisotopic (exact) mass is 282 g/mol. The number of piperidine rings is 1. The van der Waals surface area contributed by atoms with Crippen molar-refractivity contribution in [2.45, 2.75) is 31.7 Å². The number of hydrogen-bond donors (Lipinski definition) is 1. The Hall–Kier alpha value is -1.00. The topological polar surface area (TPSA) is 45.5 Å². The third-order valence-electron chi connectivity index (χ3n) is 4.34. The number of furan rings is 1. The molecule has 1 atom stereocenters. The Morgan fingerprint density at radius 2 is 2.16 bits per heavy atom. The number of rotatable bonds is 2. The molecular formula is C14H19ClN2O2. The Kier molecular flexibility index (Phi) is 3.80. The molecule has 1 N–H and O–H groups in total. The van der Waals surface area contributed by atoms with Gasteiger partial charge in [0.05, 0.1) is 11.8 Å². The Labute approximate surface area is 118 Å². The third-order valence-corrected chi connectivity index (χ3v) is 4.64. The fourth-order valence-corrected chi connectivity index (χ4v) is 3.43. The molecule has 0 bridgehead atoms. The van der Waals surface area contributed by atoms with Gasteiger partial charge in [0.1, 0.15) is 0 Å². The van der Waals surface area contributed by atoms with Crippen molar-refractivity contribution in [3.8, 4) is 0 Å². The van der Waals surface area contributed by atoms with Gasteiger partial charge in [-0.2, -0.15) is 0 Å². The number of hydrogen-bond acceptors (Lipinski definition) is 3. The predicted molar refractivity (Wildman–Crippen MR) is 73.4 cm³/mol. The van der Waals surface area contributed by atoms with Crippen LogP contribution in [0.2, 0.25) is 5.22 Å². The van der Waals surface area contributed by atoms with E-state index in [1.54, 1.807) is 6.07 Å². The molecule has 0 aromatic carbocycles. The van der Waals surface area contributed by atoms with E-state index in [2.05, 4.69) is 5.32 Å². The van der Waals surface area contributed by atoms with Crippen molar-refractivity contribution < 1.29 is 9.21 Å². The first-order valence-corrected chi connectivity index (χ1v) is 7.39. The van der Waals surface area contributed by atoms with Crippen LogP contribution in [0.1, 0.15) is 36.0 Å². The van der Waals surface area contributed by atoms with Crippen LogP contribution in [0.15, 0.2) is 16.7 Å². The molecule has 104 valence electrons. The van der Waals surface area contributed by atoms with Crippen molar-refractivity contribution in [1.29, 1.82) is 0 Å². The van der Waals surface area contributed by atoms with Crippen molar-refractivity contribution in [3.63, 3.8) is 0 Å². The fourth-order valence-electron chi connectivity index (χ4n) is 3.24. The zero-order valence-corrected chi connectivity index (χ0v) is 11.7. The molecule has 0 saturated carbocycles. The lowest BCUT2D eigenvalue weighted by Gasteiger charge is -2.34. The molecule has 1 unspecified atom stereocenters. The van der Waals surface area contributed by atoms with Gasteiger partial charge in [0, 0.05) is 19.1 Å². The van der Waals surface area contributed by atoms with Gasteiger partial charge in [-0.05, 0) is 55.8 Å². The van der Waals surface area contributed by atoms with E-state index in [0.29, 0.717) is 17.5 Å². The fraction of sp³-hybridized carbons (Fsp3) is 0.643. The lowest BCUT2D eigenvalue weighted by atomic mass is 9.88. The number of likely N-dealkylation sites (tertiary alicyclic amines) is 1. The maximum Gasteiger partial charge on any atom is 0.258 e. The van der Waals surface area contributed by atoms with Crippen LogP contribution in [0.4, 0.5) is 0 Å². The summed E-state index contributed by atoms with van der Waals surface area (Å²) in [6.07, 6.45) is 6.20. The van der Waals surface area contributed by atoms with Crippen LogP contribution in [0, 0.1) is 5.92 Å². The zero-order chi connectivity index (χ0) is 13.2. The minimum Gasteiger partial charge on any atom is -0.452 e. The molecule has 19 heavy (non-hydrogen) atoms. The van der Waals surface area contributed by atoms with E-state index in [1.807, 2.05) is 4.90 Å². The molecule has 5 heteroatoms. The highest BCUT2D eigenvalue weighted by molar-refractivity contribution is 6.32. The molecule has 0 aliphatic carbocycles. The van der Waals surface area contributed by atoms with Crippen LogP contribution in [0.25, 0.3) is 0 Å². The summed E-state index contributed by atoms with van der Waals surface area (Å²) in [5.41, 5.74) is 0.485. The van der Waals surface area contributed by atoms with E-state index in [9.17, 15) is 4.79 Å². The minimum absolute atomic E-state index is 0.00317. The van der Waals surface area contributed by atoms with E-state index in [1.165, 1.54) is 19.1 Å². The smallest absolute Gasteiger partial charge is 0.258 e. The summed E-state index contributed by atoms with van der Waals surface area (Å²) in [6, 6.07) is 2.31. The summed E-state index contributed by atoms with van der Waals surface area (Å²) in [6.45, 7) is 2.79. The highest BCUT2D eigenvalue weighted by Gasteiger charge is 2.31. The van der Waals surface area contributed by atoms with Crippen molar-refractivity contribution in [2.24, 2.45) is 5.92 Å². The van der Waals surface area contributed by atoms with Gasteiger partial charge in [-0.3, -0.25) is 4.79 Å². The molecule has 2 aliphatic heterocycles. The molecule has 0 spiro atoms. The number of nitrogens with zero attached hydrogens (tertiary/aromatic N) is 1. The van der Waals surface area contributed by atoms with Crippen molar-refractivity contribution in [3.05, 3.63) is 23.1 Å². The highest BCUT2D eigenvalue weighted by Crippen LogP contribution is 2.27. The summed E-state index contributed by atoms with van der Waals surface area (Å²) in [4.78, 5) is 14.2. The molecule has 3 rings (SSSR count). The second-order valence-electron chi connectivity index (χ2n) is 5.44. The first-order chi connectivity index (χ1) is 9.25. The normalized spacial score (nSPS) is 24.9. The molecule has 1 amide bonds. The van der Waals surface area contributed by atoms with Gasteiger partial charge in [-0.1, -0.05) is 0 Å². The van der Waals surface area contributed by atoms with Gasteiger partial charge in [0.2, 0.25) is 5.22 Å². The van der Waals surface area contributed by atoms with Gasteiger partial charge in [-0.25, -0.2) is 0 Å². The largest absolute Gasteiger partial charge is 0.452 e. The number of carbonyl (C=O) groups excluding carboxylic acids is 1.